The molecule has 2 atom stereocenters. The second kappa shape index (κ2) is 7.22. The lowest BCUT2D eigenvalue weighted by atomic mass is 9.89. The molecule has 3 rings (SSSR count). The molecule has 0 amide bonds. The topological polar surface area (TPSA) is 72.9 Å². The molecule has 0 bridgehead atoms. The average molecular weight is 393 g/mol. The molecule has 1 aliphatic rings. The molecule has 1 aromatic heterocycles. The first-order valence-electron chi connectivity index (χ1n) is 7.86. The first-order valence-corrected chi connectivity index (χ1v) is 10.2. The molecule has 1 aromatic carbocycles. The lowest BCUT2D eigenvalue weighted by Crippen LogP contribution is -2.50. The van der Waals surface area contributed by atoms with Crippen LogP contribution in [0.2, 0.25) is 0 Å². The van der Waals surface area contributed by atoms with Crippen molar-refractivity contribution in [3.05, 3.63) is 58.8 Å². The van der Waals surface area contributed by atoms with Gasteiger partial charge in [0.05, 0.1) is 19.1 Å². The predicted octanol–water partition coefficient (Wildman–Crippen LogP) is 2.77. The maximum Gasteiger partial charge on any atom is 0.325 e. The number of methoxy groups -OCH3 is 2. The highest BCUT2D eigenvalue weighted by molar-refractivity contribution is 7.89. The van der Waals surface area contributed by atoms with Gasteiger partial charge in [-0.3, -0.25) is 4.79 Å². The van der Waals surface area contributed by atoms with Crippen molar-refractivity contribution in [2.45, 2.75) is 23.4 Å². The maximum absolute atomic E-state index is 13.3. The van der Waals surface area contributed by atoms with Crippen molar-refractivity contribution in [1.82, 2.24) is 4.31 Å². The Labute approximate surface area is 156 Å². The quantitative estimate of drug-likeness (QED) is 0.577. The van der Waals surface area contributed by atoms with Gasteiger partial charge in [-0.05, 0) is 41.3 Å². The lowest BCUT2D eigenvalue weighted by molar-refractivity contribution is -0.146. The second-order valence-electron chi connectivity index (χ2n) is 5.75. The van der Waals surface area contributed by atoms with Gasteiger partial charge < -0.3 is 9.47 Å². The van der Waals surface area contributed by atoms with Crippen molar-refractivity contribution in [2.24, 2.45) is 0 Å². The van der Waals surface area contributed by atoms with E-state index in [0.717, 1.165) is 10.4 Å². The van der Waals surface area contributed by atoms with Crippen molar-refractivity contribution in [3.63, 3.8) is 0 Å². The van der Waals surface area contributed by atoms with E-state index in [0.29, 0.717) is 5.75 Å². The first-order chi connectivity index (χ1) is 12.4. The van der Waals surface area contributed by atoms with Crippen molar-refractivity contribution in [2.75, 3.05) is 14.2 Å². The first kappa shape index (κ1) is 18.6. The highest BCUT2D eigenvalue weighted by Gasteiger charge is 2.45. The molecular formula is C18H19NO5S2. The lowest BCUT2D eigenvalue weighted by Gasteiger charge is -2.37. The van der Waals surface area contributed by atoms with Crippen LogP contribution < -0.4 is 4.74 Å². The SMILES string of the molecule is C=C[C@@H]1c2ccsc2CN(S(=O)(=O)c2ccc(OC)cc2)[C@@H]1C(=O)OC. The van der Waals surface area contributed by atoms with Crippen LogP contribution in [-0.4, -0.2) is 39.0 Å². The third-order valence-electron chi connectivity index (χ3n) is 4.45. The summed E-state index contributed by atoms with van der Waals surface area (Å²) in [4.78, 5) is 13.5. The van der Waals surface area contributed by atoms with Crippen LogP contribution in [0.4, 0.5) is 0 Å². The molecule has 6 nitrogen and oxygen atoms in total. The molecule has 0 fully saturated rings. The fraction of sp³-hybridized carbons (Fsp3) is 0.278. The van der Waals surface area contributed by atoms with Gasteiger partial charge in [-0.2, -0.15) is 4.31 Å². The van der Waals surface area contributed by atoms with Gasteiger partial charge in [0.2, 0.25) is 10.0 Å². The number of nitrogens with zero attached hydrogens (tertiary/aromatic N) is 1. The molecule has 0 spiro atoms. The number of ether oxygens (including phenoxy) is 2. The van der Waals surface area contributed by atoms with E-state index < -0.39 is 28.0 Å². The minimum Gasteiger partial charge on any atom is -0.497 e. The highest BCUT2D eigenvalue weighted by atomic mass is 32.2. The van der Waals surface area contributed by atoms with Crippen LogP contribution in [0.1, 0.15) is 16.4 Å². The number of sulfonamides is 1. The van der Waals surface area contributed by atoms with E-state index >= 15 is 0 Å². The normalized spacial score (nSPS) is 20.2. The zero-order chi connectivity index (χ0) is 18.9. The molecule has 1 aliphatic heterocycles. The van der Waals surface area contributed by atoms with Gasteiger partial charge >= 0.3 is 5.97 Å². The molecule has 0 saturated carbocycles. The summed E-state index contributed by atoms with van der Waals surface area (Å²) < 4.78 is 37.7. The van der Waals surface area contributed by atoms with Gasteiger partial charge in [-0.25, -0.2) is 8.42 Å². The summed E-state index contributed by atoms with van der Waals surface area (Å²) in [6, 6.07) is 6.99. The summed E-state index contributed by atoms with van der Waals surface area (Å²) in [7, 11) is -1.16. The Hall–Kier alpha value is -2.16. The molecule has 2 aromatic rings. The van der Waals surface area contributed by atoms with Gasteiger partial charge in [0.15, 0.2) is 0 Å². The minimum atomic E-state index is -3.92. The standard InChI is InChI=1S/C18H19NO5S2/c1-4-14-15-9-10-25-16(15)11-19(17(14)18(20)24-3)26(21,22)13-7-5-12(23-2)6-8-13/h4-10,14,17H,1,11H2,2-3H3/t14-,17+/m1/s1. The fourth-order valence-corrected chi connectivity index (χ4v) is 5.70. The Morgan fingerprint density at radius 2 is 1.96 bits per heavy atom. The van der Waals surface area contributed by atoms with E-state index in [1.54, 1.807) is 18.2 Å². The predicted molar refractivity (Wildman–Crippen MR) is 98.8 cm³/mol. The zero-order valence-corrected chi connectivity index (χ0v) is 16.0. The molecule has 0 N–H and O–H groups in total. The Kier molecular flexibility index (Phi) is 5.17. The van der Waals surface area contributed by atoms with Crippen LogP contribution in [0.25, 0.3) is 0 Å². The van der Waals surface area contributed by atoms with Crippen molar-refractivity contribution >= 4 is 27.3 Å². The number of thiophene rings is 1. The van der Waals surface area contributed by atoms with Gasteiger partial charge in [0, 0.05) is 17.3 Å². The fourth-order valence-electron chi connectivity index (χ4n) is 3.12. The number of hydrogen-bond donors (Lipinski definition) is 0. The van der Waals surface area contributed by atoms with Gasteiger partial charge in [-0.15, -0.1) is 17.9 Å². The smallest absolute Gasteiger partial charge is 0.325 e. The average Bonchev–Trinajstić information content (AvgIpc) is 3.14. The van der Waals surface area contributed by atoms with Crippen molar-refractivity contribution < 1.29 is 22.7 Å². The third kappa shape index (κ3) is 3.04. The Morgan fingerprint density at radius 3 is 2.54 bits per heavy atom. The number of carbonyl (C=O) groups excluding carboxylic acids is 1. The number of benzene rings is 1. The summed E-state index contributed by atoms with van der Waals surface area (Å²) in [6.45, 7) is 3.92. The largest absolute Gasteiger partial charge is 0.497 e. The van der Waals surface area contributed by atoms with E-state index in [2.05, 4.69) is 6.58 Å². The number of esters is 1. The van der Waals surface area contributed by atoms with Gasteiger partial charge in [0.1, 0.15) is 11.8 Å². The number of carbonyl (C=O) groups is 1. The van der Waals surface area contributed by atoms with Crippen LogP contribution in [0, 0.1) is 0 Å². The number of rotatable bonds is 5. The molecule has 0 radical (unpaired) electrons. The molecule has 8 heteroatoms. The summed E-state index contributed by atoms with van der Waals surface area (Å²) in [5, 5.41) is 1.89. The van der Waals surface area contributed by atoms with E-state index in [1.807, 2.05) is 11.4 Å². The molecule has 2 heterocycles. The third-order valence-corrected chi connectivity index (χ3v) is 7.21. The Morgan fingerprint density at radius 1 is 1.27 bits per heavy atom. The second-order valence-corrected chi connectivity index (χ2v) is 8.65. The molecular weight excluding hydrogens is 374 g/mol. The molecule has 0 aliphatic carbocycles. The van der Waals surface area contributed by atoms with Crippen LogP contribution in [0.3, 0.4) is 0 Å². The van der Waals surface area contributed by atoms with Crippen LogP contribution in [0.15, 0.2) is 53.3 Å². The van der Waals surface area contributed by atoms with Crippen molar-refractivity contribution in [1.29, 1.82) is 0 Å². The van der Waals surface area contributed by atoms with Crippen molar-refractivity contribution in [3.8, 4) is 5.75 Å². The highest BCUT2D eigenvalue weighted by Crippen LogP contribution is 2.40. The summed E-state index contributed by atoms with van der Waals surface area (Å²) in [5.74, 6) is -0.522. The van der Waals surface area contributed by atoms with E-state index in [9.17, 15) is 13.2 Å². The molecule has 0 saturated heterocycles. The number of hydrogen-bond acceptors (Lipinski definition) is 6. The van der Waals surface area contributed by atoms with Crippen LogP contribution >= 0.6 is 11.3 Å². The molecule has 0 unspecified atom stereocenters. The summed E-state index contributed by atoms with van der Waals surface area (Å²) in [6.07, 6.45) is 1.60. The van der Waals surface area contributed by atoms with E-state index in [4.69, 9.17) is 9.47 Å². The Balaban J connectivity index is 2.10. The van der Waals surface area contributed by atoms with Gasteiger partial charge in [-0.1, -0.05) is 6.08 Å². The summed E-state index contributed by atoms with van der Waals surface area (Å²) in [5.41, 5.74) is 0.918. The monoisotopic (exact) mass is 393 g/mol. The molecule has 26 heavy (non-hydrogen) atoms. The van der Waals surface area contributed by atoms with Crippen LogP contribution in [-0.2, 0) is 26.1 Å². The zero-order valence-electron chi connectivity index (χ0n) is 14.4. The number of fused-ring (bicyclic) bond motifs is 1. The summed E-state index contributed by atoms with van der Waals surface area (Å²) >= 11 is 1.46. The molecule has 138 valence electrons. The maximum atomic E-state index is 13.3. The van der Waals surface area contributed by atoms with Crippen LogP contribution in [0.5, 0.6) is 5.75 Å². The van der Waals surface area contributed by atoms with E-state index in [1.165, 1.54) is 42.0 Å². The minimum absolute atomic E-state index is 0.0926. The Bertz CT molecular complexity index is 917. The van der Waals surface area contributed by atoms with E-state index in [-0.39, 0.29) is 11.4 Å². The van der Waals surface area contributed by atoms with Gasteiger partial charge in [0.25, 0.3) is 0 Å².